The van der Waals surface area contributed by atoms with Crippen molar-refractivity contribution in [3.8, 4) is 5.75 Å². The van der Waals surface area contributed by atoms with Crippen LogP contribution < -0.4 is 10.1 Å². The summed E-state index contributed by atoms with van der Waals surface area (Å²) < 4.78 is 5.08. The number of rotatable bonds is 3. The monoisotopic (exact) mass is 267 g/mol. The molecule has 1 aromatic carbocycles. The second-order valence-electron chi connectivity index (χ2n) is 5.07. The average molecular weight is 268 g/mol. The van der Waals surface area contributed by atoms with Crippen LogP contribution in [0.15, 0.2) is 18.2 Å². The first kappa shape index (κ1) is 13.2. The molecule has 0 saturated heterocycles. The van der Waals surface area contributed by atoms with Gasteiger partial charge in [-0.1, -0.05) is 31.4 Å². The maximum atomic E-state index is 12.2. The zero-order valence-electron chi connectivity index (χ0n) is 10.8. The highest BCUT2D eigenvalue weighted by Crippen LogP contribution is 2.38. The molecule has 1 aliphatic rings. The summed E-state index contributed by atoms with van der Waals surface area (Å²) in [6.07, 6.45) is 4.19. The maximum Gasteiger partial charge on any atom is 0.230 e. The van der Waals surface area contributed by atoms with E-state index in [0.29, 0.717) is 10.8 Å². The largest absolute Gasteiger partial charge is 0.495 e. The van der Waals surface area contributed by atoms with Gasteiger partial charge < -0.3 is 10.1 Å². The Labute approximate surface area is 112 Å². The molecule has 1 fully saturated rings. The van der Waals surface area contributed by atoms with Crippen molar-refractivity contribution in [1.29, 1.82) is 0 Å². The van der Waals surface area contributed by atoms with Gasteiger partial charge in [0, 0.05) is 11.1 Å². The number of nitrogens with one attached hydrogen (secondary N) is 1. The number of ether oxygens (including phenoxy) is 1. The summed E-state index contributed by atoms with van der Waals surface area (Å²) >= 11 is 6.03. The van der Waals surface area contributed by atoms with Gasteiger partial charge in [0.25, 0.3) is 0 Å². The van der Waals surface area contributed by atoms with Gasteiger partial charge in [0.1, 0.15) is 5.75 Å². The van der Waals surface area contributed by atoms with Gasteiger partial charge in [-0.3, -0.25) is 4.79 Å². The molecular weight excluding hydrogens is 250 g/mol. The van der Waals surface area contributed by atoms with E-state index in [9.17, 15) is 4.79 Å². The molecule has 0 atom stereocenters. The fourth-order valence-electron chi connectivity index (χ4n) is 2.41. The molecule has 0 heterocycles. The van der Waals surface area contributed by atoms with Crippen molar-refractivity contribution in [2.24, 2.45) is 5.41 Å². The van der Waals surface area contributed by atoms with Crippen LogP contribution in [0, 0.1) is 5.41 Å². The molecule has 4 heteroatoms. The van der Waals surface area contributed by atoms with Crippen LogP contribution in [0.3, 0.4) is 0 Å². The van der Waals surface area contributed by atoms with Gasteiger partial charge >= 0.3 is 0 Å². The lowest BCUT2D eigenvalue weighted by Gasteiger charge is -2.22. The van der Waals surface area contributed by atoms with E-state index in [4.69, 9.17) is 16.3 Å². The smallest absolute Gasteiger partial charge is 0.230 e. The van der Waals surface area contributed by atoms with Gasteiger partial charge in [-0.25, -0.2) is 0 Å². The molecule has 1 N–H and O–H groups in total. The van der Waals surface area contributed by atoms with Gasteiger partial charge in [-0.15, -0.1) is 0 Å². The first-order valence-corrected chi connectivity index (χ1v) is 6.58. The number of halogens is 1. The van der Waals surface area contributed by atoms with E-state index in [1.54, 1.807) is 25.3 Å². The van der Waals surface area contributed by atoms with Crippen LogP contribution in [-0.2, 0) is 4.79 Å². The lowest BCUT2D eigenvalue weighted by atomic mass is 9.88. The van der Waals surface area contributed by atoms with E-state index in [2.05, 4.69) is 5.32 Å². The molecule has 18 heavy (non-hydrogen) atoms. The normalized spacial score (nSPS) is 17.5. The summed E-state index contributed by atoms with van der Waals surface area (Å²) in [5.74, 6) is 0.697. The quantitative estimate of drug-likeness (QED) is 0.903. The molecule has 0 unspecified atom stereocenters. The Kier molecular flexibility index (Phi) is 3.81. The van der Waals surface area contributed by atoms with Crippen LogP contribution in [0.1, 0.15) is 32.6 Å². The van der Waals surface area contributed by atoms with E-state index in [1.807, 2.05) is 6.92 Å². The van der Waals surface area contributed by atoms with Gasteiger partial charge in [0.15, 0.2) is 0 Å². The molecule has 1 aromatic rings. The van der Waals surface area contributed by atoms with Crippen LogP contribution in [0.25, 0.3) is 0 Å². The number of hydrogen-bond donors (Lipinski definition) is 1. The molecule has 1 aliphatic carbocycles. The number of anilines is 1. The van der Waals surface area contributed by atoms with Gasteiger partial charge in [0.2, 0.25) is 5.91 Å². The molecule has 0 aliphatic heterocycles. The molecule has 98 valence electrons. The number of benzene rings is 1. The van der Waals surface area contributed by atoms with Crippen LogP contribution >= 0.6 is 11.6 Å². The molecule has 1 amide bonds. The Morgan fingerprint density at radius 1 is 1.39 bits per heavy atom. The summed E-state index contributed by atoms with van der Waals surface area (Å²) in [5.41, 5.74) is 0.491. The average Bonchev–Trinajstić information content (AvgIpc) is 2.78. The third-order valence-electron chi connectivity index (χ3n) is 3.66. The molecule has 1 saturated carbocycles. The summed E-state index contributed by atoms with van der Waals surface area (Å²) in [4.78, 5) is 12.2. The standard InChI is InChI=1S/C14H18ClNO2/c1-14(7-3-4-8-14)13(17)16-10-5-6-12(18-2)11(15)9-10/h5-6,9H,3-4,7-8H2,1-2H3,(H,16,17). The van der Waals surface area contributed by atoms with E-state index < -0.39 is 0 Å². The van der Waals surface area contributed by atoms with Crippen molar-refractivity contribution in [3.63, 3.8) is 0 Å². The third kappa shape index (κ3) is 2.61. The van der Waals surface area contributed by atoms with Crippen LogP contribution in [0.4, 0.5) is 5.69 Å². The third-order valence-corrected chi connectivity index (χ3v) is 3.96. The lowest BCUT2D eigenvalue weighted by molar-refractivity contribution is -0.124. The minimum Gasteiger partial charge on any atom is -0.495 e. The molecule has 2 rings (SSSR count). The predicted molar refractivity (Wildman–Crippen MR) is 73.2 cm³/mol. The van der Waals surface area contributed by atoms with E-state index >= 15 is 0 Å². The number of carbonyl (C=O) groups is 1. The maximum absolute atomic E-state index is 12.2. The highest BCUT2D eigenvalue weighted by atomic mass is 35.5. The van der Waals surface area contributed by atoms with Crippen molar-refractivity contribution >= 4 is 23.2 Å². The molecule has 0 radical (unpaired) electrons. The molecule has 0 aromatic heterocycles. The van der Waals surface area contributed by atoms with E-state index in [-0.39, 0.29) is 11.3 Å². The topological polar surface area (TPSA) is 38.3 Å². The molecule has 3 nitrogen and oxygen atoms in total. The summed E-state index contributed by atoms with van der Waals surface area (Å²) in [7, 11) is 1.57. The molecule has 0 bridgehead atoms. The van der Waals surface area contributed by atoms with Crippen LogP contribution in [0.5, 0.6) is 5.75 Å². The van der Waals surface area contributed by atoms with E-state index in [0.717, 1.165) is 31.4 Å². The van der Waals surface area contributed by atoms with Crippen molar-refractivity contribution in [1.82, 2.24) is 0 Å². The Hall–Kier alpha value is -1.22. The molecular formula is C14H18ClNO2. The summed E-state index contributed by atoms with van der Waals surface area (Å²) in [5, 5.41) is 3.44. The van der Waals surface area contributed by atoms with Gasteiger partial charge in [-0.2, -0.15) is 0 Å². The first-order valence-electron chi connectivity index (χ1n) is 6.20. The number of hydrogen-bond acceptors (Lipinski definition) is 2. The summed E-state index contributed by atoms with van der Waals surface area (Å²) in [6, 6.07) is 5.28. The minimum absolute atomic E-state index is 0.0845. The number of amides is 1. The zero-order valence-corrected chi connectivity index (χ0v) is 11.5. The Morgan fingerprint density at radius 3 is 2.61 bits per heavy atom. The van der Waals surface area contributed by atoms with Crippen LogP contribution in [0.2, 0.25) is 5.02 Å². The minimum atomic E-state index is -0.230. The van der Waals surface area contributed by atoms with E-state index in [1.165, 1.54) is 0 Å². The highest BCUT2D eigenvalue weighted by molar-refractivity contribution is 6.32. The zero-order chi connectivity index (χ0) is 13.2. The van der Waals surface area contributed by atoms with Gasteiger partial charge in [0.05, 0.1) is 12.1 Å². The summed E-state index contributed by atoms with van der Waals surface area (Å²) in [6.45, 7) is 2.03. The Morgan fingerprint density at radius 2 is 2.06 bits per heavy atom. The fourth-order valence-corrected chi connectivity index (χ4v) is 2.67. The second-order valence-corrected chi connectivity index (χ2v) is 5.48. The predicted octanol–water partition coefficient (Wildman–Crippen LogP) is 3.87. The second kappa shape index (κ2) is 5.19. The Balaban J connectivity index is 2.09. The highest BCUT2D eigenvalue weighted by Gasteiger charge is 2.36. The number of carbonyl (C=O) groups excluding carboxylic acids is 1. The first-order chi connectivity index (χ1) is 8.55. The van der Waals surface area contributed by atoms with Crippen LogP contribution in [-0.4, -0.2) is 13.0 Å². The van der Waals surface area contributed by atoms with Crippen molar-refractivity contribution in [3.05, 3.63) is 23.2 Å². The van der Waals surface area contributed by atoms with Crippen molar-refractivity contribution in [2.75, 3.05) is 12.4 Å². The van der Waals surface area contributed by atoms with Crippen molar-refractivity contribution in [2.45, 2.75) is 32.6 Å². The molecule has 0 spiro atoms. The Bertz CT molecular complexity index is 453. The fraction of sp³-hybridized carbons (Fsp3) is 0.500. The SMILES string of the molecule is COc1ccc(NC(=O)C2(C)CCCC2)cc1Cl. The van der Waals surface area contributed by atoms with Crippen molar-refractivity contribution < 1.29 is 9.53 Å². The van der Waals surface area contributed by atoms with Gasteiger partial charge in [-0.05, 0) is 31.0 Å². The number of methoxy groups -OCH3 is 1. The lowest BCUT2D eigenvalue weighted by Crippen LogP contribution is -2.30.